The Morgan fingerprint density at radius 2 is 0.839 bits per heavy atom. The van der Waals surface area contributed by atoms with E-state index in [-0.39, 0.29) is 39.3 Å². The number of hydrogen-bond donors (Lipinski definition) is 4. The summed E-state index contributed by atoms with van der Waals surface area (Å²) in [5, 5.41) is 41.4. The van der Waals surface area contributed by atoms with Crippen LogP contribution in [0.4, 0.5) is 11.4 Å². The van der Waals surface area contributed by atoms with E-state index in [1.54, 1.807) is 0 Å². The predicted molar refractivity (Wildman–Crippen MR) is 94.1 cm³/mol. The van der Waals surface area contributed by atoms with E-state index in [1.807, 2.05) is 0 Å². The van der Waals surface area contributed by atoms with Gasteiger partial charge in [-0.2, -0.15) is 0 Å². The van der Waals surface area contributed by atoms with Crippen molar-refractivity contribution in [2.75, 3.05) is 10.6 Å². The van der Waals surface area contributed by atoms with E-state index in [0.717, 1.165) is 0 Å². The minimum absolute atomic E-state index is 0. The van der Waals surface area contributed by atoms with Crippen LogP contribution in [-0.4, -0.2) is 45.9 Å². The van der Waals surface area contributed by atoms with Gasteiger partial charge in [0.15, 0.2) is 0 Å². The van der Waals surface area contributed by atoms with Crippen LogP contribution in [0.15, 0.2) is 48.5 Å². The van der Waals surface area contributed by atoms with Gasteiger partial charge in [-0.1, -0.05) is 24.3 Å². The number of carbonyl (C=O) groups is 6. The number of anilines is 2. The van der Waals surface area contributed by atoms with Gasteiger partial charge in [-0.15, -0.1) is 0 Å². The molecule has 0 atom stereocenters. The Bertz CT molecular complexity index is 906. The molecular weight excluding hydrogens is 463 g/mol. The number of hydrogen-bond acceptors (Lipinski definition) is 8. The largest absolute Gasteiger partial charge is 2.00 e. The molecule has 1 radical (unpaired) electrons. The Morgan fingerprint density at radius 1 is 0.581 bits per heavy atom. The summed E-state index contributed by atoms with van der Waals surface area (Å²) in [5.41, 5.74) is 0.298. The summed E-state index contributed by atoms with van der Waals surface area (Å²) < 4.78 is 0. The first-order valence-corrected chi connectivity index (χ1v) is 7.72. The van der Waals surface area contributed by atoms with Gasteiger partial charge in [-0.25, -0.2) is 9.59 Å². The second kappa shape index (κ2) is 12.4. The summed E-state index contributed by atoms with van der Waals surface area (Å²) in [6.07, 6.45) is 0. The van der Waals surface area contributed by atoms with Gasteiger partial charge in [0.2, 0.25) is 0 Å². The Kier molecular flexibility index (Phi) is 10.7. The van der Waals surface area contributed by atoms with Crippen molar-refractivity contribution in [2.24, 2.45) is 0 Å². The molecule has 2 rings (SSSR count). The molecule has 0 bridgehead atoms. The van der Waals surface area contributed by atoms with Crippen molar-refractivity contribution >= 4 is 47.1 Å². The fourth-order valence-corrected chi connectivity index (χ4v) is 1.75. The maximum absolute atomic E-state index is 10.7. The number of carboxylic acids is 4. The minimum atomic E-state index is -1.61. The van der Waals surface area contributed by atoms with E-state index in [2.05, 4.69) is 10.6 Å². The Hall–Kier alpha value is -4.23. The van der Waals surface area contributed by atoms with E-state index in [1.165, 1.54) is 48.5 Å². The molecule has 0 saturated heterocycles. The van der Waals surface area contributed by atoms with Crippen LogP contribution in [0.3, 0.4) is 0 Å². The number of aromatic carboxylic acids is 2. The molecule has 163 valence electrons. The summed E-state index contributed by atoms with van der Waals surface area (Å²) in [4.78, 5) is 62.4. The molecule has 13 heteroatoms. The zero-order valence-corrected chi connectivity index (χ0v) is 16.2. The second-order valence-corrected chi connectivity index (χ2v) is 5.25. The van der Waals surface area contributed by atoms with Crippen LogP contribution in [0, 0.1) is 0 Å². The van der Waals surface area contributed by atoms with Gasteiger partial charge in [-0.05, 0) is 35.4 Å². The fourth-order valence-electron chi connectivity index (χ4n) is 1.75. The van der Waals surface area contributed by atoms with Crippen LogP contribution in [0.1, 0.15) is 20.7 Å². The molecule has 4 N–H and O–H groups in total. The molecule has 2 amide bonds. The van der Waals surface area contributed by atoms with E-state index in [4.69, 9.17) is 10.2 Å². The molecule has 0 unspecified atom stereocenters. The molecule has 2 aromatic rings. The van der Waals surface area contributed by atoms with Gasteiger partial charge in [-0.3, -0.25) is 9.59 Å². The van der Waals surface area contributed by atoms with Gasteiger partial charge in [0, 0.05) is 11.4 Å². The summed E-state index contributed by atoms with van der Waals surface area (Å²) in [6, 6.07) is 9.88. The summed E-state index contributed by atoms with van der Waals surface area (Å²) >= 11 is 0. The van der Waals surface area contributed by atoms with Crippen molar-refractivity contribution in [1.82, 2.24) is 0 Å². The molecule has 0 fully saturated rings. The van der Waals surface area contributed by atoms with Crippen LogP contribution in [0.5, 0.6) is 0 Å². The molecule has 31 heavy (non-hydrogen) atoms. The summed E-state index contributed by atoms with van der Waals surface area (Å²) in [7, 11) is 0. The Balaban J connectivity index is 0.000000562. The average Bonchev–Trinajstić information content (AvgIpc) is 2.69. The topological polar surface area (TPSA) is 213 Å². The molecule has 0 aliphatic carbocycles. The van der Waals surface area contributed by atoms with Gasteiger partial charge < -0.3 is 40.6 Å². The fraction of sp³-hybridized carbons (Fsp3) is 0. The van der Waals surface area contributed by atoms with Crippen molar-refractivity contribution in [1.29, 1.82) is 0 Å². The number of amides is 2. The monoisotopic (exact) mass is 475 g/mol. The van der Waals surface area contributed by atoms with Crippen molar-refractivity contribution in [3.8, 4) is 0 Å². The quantitative estimate of drug-likeness (QED) is 0.362. The maximum atomic E-state index is 10.7. The van der Waals surface area contributed by atoms with Gasteiger partial charge in [0.05, 0.1) is 11.9 Å². The molecule has 2 aromatic carbocycles. The van der Waals surface area contributed by atoms with Crippen molar-refractivity contribution in [3.05, 3.63) is 59.7 Å². The first kappa shape index (κ1) is 26.8. The number of aliphatic carboxylic acids is 2. The third-order valence-electron chi connectivity index (χ3n) is 3.15. The predicted octanol–water partition coefficient (Wildman–Crippen LogP) is -1.86. The zero-order chi connectivity index (χ0) is 22.8. The van der Waals surface area contributed by atoms with Crippen LogP contribution in [-0.2, 0) is 36.0 Å². The number of nitrogens with one attached hydrogen (secondary N) is 2. The molecule has 0 aromatic heterocycles. The molecule has 0 aliphatic heterocycles. The van der Waals surface area contributed by atoms with E-state index in [0.29, 0.717) is 0 Å². The SMILES string of the molecule is O=C(O)C(=O)Nc1ccc(C(=O)[O-])cc1.O=C(O)C(=O)Nc1ccc(C(=O)[O-])cc1.[Co+2]. The summed E-state index contributed by atoms with van der Waals surface area (Å²) in [5.74, 6) is -8.28. The second-order valence-electron chi connectivity index (χ2n) is 5.25. The maximum Gasteiger partial charge on any atom is 2.00 e. The van der Waals surface area contributed by atoms with E-state index in [9.17, 15) is 39.0 Å². The molecule has 0 saturated carbocycles. The van der Waals surface area contributed by atoms with E-state index < -0.39 is 35.7 Å². The standard InChI is InChI=1S/2C9H7NO5.Co/c2*11-7(9(14)15)10-6-3-1-5(2-4-6)8(12)13;/h2*1-4H,(H,10,11)(H,12,13)(H,14,15);/q;;+2/p-2. The first-order valence-electron chi connectivity index (χ1n) is 7.72. The number of benzene rings is 2. The van der Waals surface area contributed by atoms with Crippen LogP contribution < -0.4 is 20.8 Å². The average molecular weight is 475 g/mol. The van der Waals surface area contributed by atoms with Gasteiger partial charge in [0.25, 0.3) is 0 Å². The van der Waals surface area contributed by atoms with Crippen molar-refractivity contribution in [3.63, 3.8) is 0 Å². The van der Waals surface area contributed by atoms with E-state index >= 15 is 0 Å². The number of rotatable bonds is 4. The molecular formula is C18H12CoN2O10. The van der Waals surface area contributed by atoms with Gasteiger partial charge >= 0.3 is 40.5 Å². The van der Waals surface area contributed by atoms with Crippen LogP contribution in [0.2, 0.25) is 0 Å². The molecule has 0 heterocycles. The van der Waals surface area contributed by atoms with Crippen molar-refractivity contribution < 1.29 is 66.0 Å². The Labute approximate surface area is 183 Å². The third-order valence-corrected chi connectivity index (χ3v) is 3.15. The smallest absolute Gasteiger partial charge is 0.545 e. The number of carboxylic acid groups (broad SMARTS) is 4. The minimum Gasteiger partial charge on any atom is -0.545 e. The zero-order valence-electron chi connectivity index (χ0n) is 15.1. The van der Waals surface area contributed by atoms with Gasteiger partial charge in [0.1, 0.15) is 0 Å². The Morgan fingerprint density at radius 3 is 1.03 bits per heavy atom. The van der Waals surface area contributed by atoms with Crippen LogP contribution >= 0.6 is 0 Å². The van der Waals surface area contributed by atoms with Crippen LogP contribution in [0.25, 0.3) is 0 Å². The molecule has 0 aliphatic rings. The normalized spacial score (nSPS) is 9.03. The third kappa shape index (κ3) is 9.20. The first-order chi connectivity index (χ1) is 14.0. The summed E-state index contributed by atoms with van der Waals surface area (Å²) in [6.45, 7) is 0. The molecule has 12 nitrogen and oxygen atoms in total. The van der Waals surface area contributed by atoms with Crippen molar-refractivity contribution in [2.45, 2.75) is 0 Å². The number of carbonyl (C=O) groups excluding carboxylic acids is 4. The molecule has 0 spiro atoms.